The highest BCUT2D eigenvalue weighted by Crippen LogP contribution is 2.31. The number of rotatable bonds is 5. The Balaban J connectivity index is 0.00000200. The Morgan fingerprint density at radius 3 is 2.40 bits per heavy atom. The lowest BCUT2D eigenvalue weighted by molar-refractivity contribution is 0.265. The minimum Gasteiger partial charge on any atom is -0.395 e. The molecule has 1 unspecified atom stereocenters. The van der Waals surface area contributed by atoms with Crippen LogP contribution in [0.5, 0.6) is 0 Å². The quantitative estimate of drug-likeness (QED) is 0.877. The predicted molar refractivity (Wildman–Crippen MR) is 88.0 cm³/mol. The van der Waals surface area contributed by atoms with Gasteiger partial charge < -0.3 is 10.8 Å². The topological polar surface area (TPSA) is 46.2 Å². The van der Waals surface area contributed by atoms with Crippen LogP contribution in [0.1, 0.15) is 5.56 Å². The molecule has 0 heterocycles. The standard InChI is InChI=1S/C15H16ClNOS.ClH/c16-12-5-7-14(8-6-12)19-15-4-2-1-3-11(15)9-13(17)10-18;/h1-8,13,18H,9-10,17H2;1H. The molecule has 0 saturated carbocycles. The van der Waals surface area contributed by atoms with Crippen molar-refractivity contribution >= 4 is 35.8 Å². The Bertz CT molecular complexity index is 534. The van der Waals surface area contributed by atoms with E-state index in [1.807, 2.05) is 42.5 Å². The summed E-state index contributed by atoms with van der Waals surface area (Å²) >= 11 is 7.56. The van der Waals surface area contributed by atoms with Crippen molar-refractivity contribution in [2.75, 3.05) is 6.61 Å². The summed E-state index contributed by atoms with van der Waals surface area (Å²) < 4.78 is 0. The zero-order chi connectivity index (χ0) is 13.7. The van der Waals surface area contributed by atoms with Gasteiger partial charge >= 0.3 is 0 Å². The third-order valence-electron chi connectivity index (χ3n) is 2.73. The number of nitrogens with two attached hydrogens (primary N) is 1. The normalized spacial score (nSPS) is 11.8. The molecule has 0 spiro atoms. The maximum absolute atomic E-state index is 9.06. The summed E-state index contributed by atoms with van der Waals surface area (Å²) in [7, 11) is 0. The van der Waals surface area contributed by atoms with Gasteiger partial charge in [0.2, 0.25) is 0 Å². The van der Waals surface area contributed by atoms with Gasteiger partial charge in [-0.3, -0.25) is 0 Å². The van der Waals surface area contributed by atoms with E-state index in [0.29, 0.717) is 6.42 Å². The molecule has 0 bridgehead atoms. The minimum absolute atomic E-state index is 0. The van der Waals surface area contributed by atoms with Crippen molar-refractivity contribution in [3.8, 4) is 0 Å². The van der Waals surface area contributed by atoms with E-state index in [-0.39, 0.29) is 25.1 Å². The predicted octanol–water partition coefficient (Wildman–Crippen LogP) is 3.78. The van der Waals surface area contributed by atoms with Crippen LogP contribution >= 0.6 is 35.8 Å². The third-order valence-corrected chi connectivity index (χ3v) is 4.11. The molecular formula is C15H17Cl2NOS. The van der Waals surface area contributed by atoms with Gasteiger partial charge in [0.05, 0.1) is 6.61 Å². The van der Waals surface area contributed by atoms with Crippen molar-refractivity contribution < 1.29 is 5.11 Å². The number of halogens is 2. The zero-order valence-electron chi connectivity index (χ0n) is 10.8. The van der Waals surface area contributed by atoms with Gasteiger partial charge in [0.15, 0.2) is 0 Å². The molecule has 20 heavy (non-hydrogen) atoms. The highest BCUT2D eigenvalue weighted by molar-refractivity contribution is 7.99. The average molecular weight is 330 g/mol. The molecule has 0 saturated heterocycles. The molecule has 0 radical (unpaired) electrons. The first kappa shape index (κ1) is 17.3. The second-order valence-electron chi connectivity index (χ2n) is 4.31. The largest absolute Gasteiger partial charge is 0.395 e. The average Bonchev–Trinajstić information content (AvgIpc) is 2.43. The summed E-state index contributed by atoms with van der Waals surface area (Å²) in [5.74, 6) is 0. The highest BCUT2D eigenvalue weighted by atomic mass is 35.5. The number of aliphatic hydroxyl groups excluding tert-OH is 1. The number of benzene rings is 2. The van der Waals surface area contributed by atoms with Crippen molar-refractivity contribution in [2.24, 2.45) is 5.73 Å². The number of hydrogen-bond acceptors (Lipinski definition) is 3. The Labute approximate surface area is 134 Å². The van der Waals surface area contributed by atoms with Crippen molar-refractivity contribution in [3.05, 3.63) is 59.1 Å². The summed E-state index contributed by atoms with van der Waals surface area (Å²) in [6.07, 6.45) is 0.674. The molecular weight excluding hydrogens is 313 g/mol. The SMILES string of the molecule is Cl.NC(CO)Cc1ccccc1Sc1ccc(Cl)cc1. The summed E-state index contributed by atoms with van der Waals surface area (Å²) in [6.45, 7) is -0.0000537. The summed E-state index contributed by atoms with van der Waals surface area (Å²) in [5.41, 5.74) is 6.97. The molecule has 2 aromatic rings. The molecule has 0 aliphatic heterocycles. The van der Waals surface area contributed by atoms with Crippen LogP contribution in [0, 0.1) is 0 Å². The van der Waals surface area contributed by atoms with Crippen molar-refractivity contribution in [1.82, 2.24) is 0 Å². The van der Waals surface area contributed by atoms with Gasteiger partial charge in [-0.25, -0.2) is 0 Å². The Morgan fingerprint density at radius 1 is 1.10 bits per heavy atom. The van der Waals surface area contributed by atoms with Crippen LogP contribution in [0.4, 0.5) is 0 Å². The molecule has 0 aliphatic rings. The van der Waals surface area contributed by atoms with Gasteiger partial charge in [-0.2, -0.15) is 0 Å². The van der Waals surface area contributed by atoms with Gasteiger partial charge in [-0.15, -0.1) is 12.4 Å². The molecule has 0 aromatic heterocycles. The van der Waals surface area contributed by atoms with Crippen LogP contribution in [0.15, 0.2) is 58.3 Å². The maximum atomic E-state index is 9.06. The van der Waals surface area contributed by atoms with Crippen LogP contribution in [0.3, 0.4) is 0 Å². The van der Waals surface area contributed by atoms with E-state index in [0.717, 1.165) is 20.4 Å². The van der Waals surface area contributed by atoms with Gasteiger partial charge in [0.1, 0.15) is 0 Å². The minimum atomic E-state index is -0.216. The van der Waals surface area contributed by atoms with E-state index < -0.39 is 0 Å². The van der Waals surface area contributed by atoms with Gasteiger partial charge in [-0.1, -0.05) is 41.6 Å². The van der Waals surface area contributed by atoms with Crippen LogP contribution in [-0.2, 0) is 6.42 Å². The first-order valence-electron chi connectivity index (χ1n) is 6.07. The Kier molecular flexibility index (Phi) is 7.41. The fourth-order valence-corrected chi connectivity index (χ4v) is 2.83. The lowest BCUT2D eigenvalue weighted by Crippen LogP contribution is -2.27. The molecule has 3 N–H and O–H groups in total. The first-order chi connectivity index (χ1) is 9.19. The smallest absolute Gasteiger partial charge is 0.0585 e. The maximum Gasteiger partial charge on any atom is 0.0585 e. The second-order valence-corrected chi connectivity index (χ2v) is 5.86. The Hall–Kier alpha value is -0.710. The molecule has 5 heteroatoms. The molecule has 0 amide bonds. The van der Waals surface area contributed by atoms with Crippen LogP contribution in [0.25, 0.3) is 0 Å². The van der Waals surface area contributed by atoms with E-state index in [4.69, 9.17) is 22.4 Å². The van der Waals surface area contributed by atoms with Gasteiger partial charge in [-0.05, 0) is 42.3 Å². The summed E-state index contributed by atoms with van der Waals surface area (Å²) in [4.78, 5) is 2.29. The zero-order valence-corrected chi connectivity index (χ0v) is 13.2. The lowest BCUT2D eigenvalue weighted by Gasteiger charge is -2.12. The van der Waals surface area contributed by atoms with Crippen LogP contribution in [0.2, 0.25) is 5.02 Å². The van der Waals surface area contributed by atoms with Gasteiger partial charge in [0.25, 0.3) is 0 Å². The lowest BCUT2D eigenvalue weighted by atomic mass is 10.1. The Morgan fingerprint density at radius 2 is 1.75 bits per heavy atom. The fraction of sp³-hybridized carbons (Fsp3) is 0.200. The molecule has 2 nitrogen and oxygen atoms in total. The van der Waals surface area contributed by atoms with E-state index in [2.05, 4.69) is 6.07 Å². The van der Waals surface area contributed by atoms with E-state index >= 15 is 0 Å². The van der Waals surface area contributed by atoms with Gasteiger partial charge in [0, 0.05) is 20.9 Å². The van der Waals surface area contributed by atoms with E-state index in [1.54, 1.807) is 11.8 Å². The molecule has 0 aliphatic carbocycles. The number of aliphatic hydroxyl groups is 1. The van der Waals surface area contributed by atoms with Crippen molar-refractivity contribution in [1.29, 1.82) is 0 Å². The molecule has 108 valence electrons. The molecule has 2 aromatic carbocycles. The van der Waals surface area contributed by atoms with Crippen molar-refractivity contribution in [2.45, 2.75) is 22.3 Å². The summed E-state index contributed by atoms with van der Waals surface area (Å²) in [6, 6.07) is 15.7. The van der Waals surface area contributed by atoms with E-state index in [9.17, 15) is 0 Å². The van der Waals surface area contributed by atoms with Crippen LogP contribution < -0.4 is 5.73 Å². The highest BCUT2D eigenvalue weighted by Gasteiger charge is 2.08. The monoisotopic (exact) mass is 329 g/mol. The molecule has 0 fully saturated rings. The summed E-state index contributed by atoms with van der Waals surface area (Å²) in [5, 5.41) is 9.80. The fourth-order valence-electron chi connectivity index (χ4n) is 1.75. The third kappa shape index (κ3) is 5.00. The molecule has 1 atom stereocenters. The van der Waals surface area contributed by atoms with Crippen molar-refractivity contribution in [3.63, 3.8) is 0 Å². The van der Waals surface area contributed by atoms with Crippen LogP contribution in [-0.4, -0.2) is 17.8 Å². The first-order valence-corrected chi connectivity index (χ1v) is 7.26. The second kappa shape index (κ2) is 8.55. The number of hydrogen-bond donors (Lipinski definition) is 2. The molecule has 2 rings (SSSR count). The van der Waals surface area contributed by atoms with E-state index in [1.165, 1.54) is 0 Å².